The highest BCUT2D eigenvalue weighted by Gasteiger charge is 2.11. The normalized spacial score (nSPS) is 12.3. The summed E-state index contributed by atoms with van der Waals surface area (Å²) < 4.78 is 5.68. The van der Waals surface area contributed by atoms with Gasteiger partial charge in [-0.05, 0) is 48.1 Å². The summed E-state index contributed by atoms with van der Waals surface area (Å²) in [4.78, 5) is 23.6. The Morgan fingerprint density at radius 1 is 0.923 bits per heavy atom. The van der Waals surface area contributed by atoms with Crippen LogP contribution in [0.15, 0.2) is 48.5 Å². The Morgan fingerprint density at radius 2 is 1.73 bits per heavy atom. The minimum absolute atomic E-state index is 0.0233. The van der Waals surface area contributed by atoms with Gasteiger partial charge < -0.3 is 15.4 Å². The first kappa shape index (κ1) is 18.0. The van der Waals surface area contributed by atoms with E-state index < -0.39 is 0 Å². The Labute approximate surface area is 153 Å². The van der Waals surface area contributed by atoms with Gasteiger partial charge in [-0.25, -0.2) is 0 Å². The molecule has 2 amide bonds. The molecule has 0 unspecified atom stereocenters. The second-order valence-corrected chi connectivity index (χ2v) is 6.42. The number of carbonyl (C=O) groups is 2. The molecule has 3 rings (SSSR count). The van der Waals surface area contributed by atoms with Crippen LogP contribution >= 0.6 is 0 Å². The van der Waals surface area contributed by atoms with Crippen molar-refractivity contribution in [1.29, 1.82) is 0 Å². The van der Waals surface area contributed by atoms with Crippen LogP contribution in [-0.2, 0) is 28.9 Å². The quantitative estimate of drug-likeness (QED) is 0.715. The number of benzene rings is 2. The molecule has 0 saturated heterocycles. The van der Waals surface area contributed by atoms with Gasteiger partial charge in [0.2, 0.25) is 11.8 Å². The standard InChI is InChI=1S/C21H24N2O3/c24-20(13-16-5-2-1-3-6-16)23-15-21(25)22-11-12-26-19-10-9-17-7-4-8-18(17)14-19/h1-3,5-6,9-10,14H,4,7-8,11-13,15H2,(H,22,25)(H,23,24). The molecule has 136 valence electrons. The van der Waals surface area contributed by atoms with Gasteiger partial charge in [-0.2, -0.15) is 0 Å². The van der Waals surface area contributed by atoms with Crippen LogP contribution in [0, 0.1) is 0 Å². The molecule has 5 heteroatoms. The van der Waals surface area contributed by atoms with Crippen LogP contribution in [0.1, 0.15) is 23.1 Å². The third-order valence-corrected chi connectivity index (χ3v) is 4.42. The lowest BCUT2D eigenvalue weighted by molar-refractivity contribution is -0.125. The smallest absolute Gasteiger partial charge is 0.239 e. The maximum Gasteiger partial charge on any atom is 0.239 e. The summed E-state index contributed by atoms with van der Waals surface area (Å²) >= 11 is 0. The molecule has 0 aliphatic heterocycles. The van der Waals surface area contributed by atoms with Crippen LogP contribution < -0.4 is 15.4 Å². The van der Waals surface area contributed by atoms with E-state index in [4.69, 9.17) is 4.74 Å². The fraction of sp³-hybridized carbons (Fsp3) is 0.333. The first-order valence-electron chi connectivity index (χ1n) is 9.02. The highest BCUT2D eigenvalue weighted by atomic mass is 16.5. The van der Waals surface area contributed by atoms with E-state index >= 15 is 0 Å². The number of hydrogen-bond acceptors (Lipinski definition) is 3. The molecule has 1 aliphatic carbocycles. The van der Waals surface area contributed by atoms with Gasteiger partial charge in [-0.1, -0.05) is 36.4 Å². The van der Waals surface area contributed by atoms with Crippen molar-refractivity contribution >= 4 is 11.8 Å². The van der Waals surface area contributed by atoms with E-state index in [1.54, 1.807) is 0 Å². The van der Waals surface area contributed by atoms with Crippen molar-refractivity contribution in [3.8, 4) is 5.75 Å². The highest BCUT2D eigenvalue weighted by Crippen LogP contribution is 2.25. The first-order chi connectivity index (χ1) is 12.7. The fourth-order valence-corrected chi connectivity index (χ4v) is 3.08. The van der Waals surface area contributed by atoms with Crippen LogP contribution in [-0.4, -0.2) is 31.5 Å². The predicted molar refractivity (Wildman–Crippen MR) is 100 cm³/mol. The van der Waals surface area contributed by atoms with E-state index in [2.05, 4.69) is 22.8 Å². The van der Waals surface area contributed by atoms with Crippen molar-refractivity contribution in [2.24, 2.45) is 0 Å². The van der Waals surface area contributed by atoms with E-state index in [1.807, 2.05) is 36.4 Å². The highest BCUT2D eigenvalue weighted by molar-refractivity contribution is 5.85. The van der Waals surface area contributed by atoms with Crippen LogP contribution in [0.4, 0.5) is 0 Å². The molecule has 0 radical (unpaired) electrons. The minimum Gasteiger partial charge on any atom is -0.492 e. The summed E-state index contributed by atoms with van der Waals surface area (Å²) in [5.41, 5.74) is 3.71. The fourth-order valence-electron chi connectivity index (χ4n) is 3.08. The number of aryl methyl sites for hydroxylation is 2. The van der Waals surface area contributed by atoms with Crippen LogP contribution in [0.5, 0.6) is 5.75 Å². The molecule has 2 aromatic carbocycles. The minimum atomic E-state index is -0.219. The van der Waals surface area contributed by atoms with Crippen molar-refractivity contribution in [3.63, 3.8) is 0 Å². The van der Waals surface area contributed by atoms with Gasteiger partial charge in [-0.15, -0.1) is 0 Å². The van der Waals surface area contributed by atoms with Gasteiger partial charge in [0, 0.05) is 0 Å². The molecule has 0 bridgehead atoms. The molecular weight excluding hydrogens is 328 g/mol. The third kappa shape index (κ3) is 5.34. The Kier molecular flexibility index (Phi) is 6.25. The third-order valence-electron chi connectivity index (χ3n) is 4.42. The number of fused-ring (bicyclic) bond motifs is 1. The molecule has 0 fully saturated rings. The molecule has 0 spiro atoms. The Morgan fingerprint density at radius 3 is 2.58 bits per heavy atom. The molecule has 2 N–H and O–H groups in total. The average Bonchev–Trinajstić information content (AvgIpc) is 3.12. The maximum absolute atomic E-state index is 11.8. The van der Waals surface area contributed by atoms with E-state index in [-0.39, 0.29) is 24.8 Å². The summed E-state index contributed by atoms with van der Waals surface area (Å²) in [6.45, 7) is 0.789. The second-order valence-electron chi connectivity index (χ2n) is 6.42. The van der Waals surface area contributed by atoms with Gasteiger partial charge in [0.05, 0.1) is 19.5 Å². The number of ether oxygens (including phenoxy) is 1. The predicted octanol–water partition coefficient (Wildman–Crippen LogP) is 2.03. The lowest BCUT2D eigenvalue weighted by Crippen LogP contribution is -2.39. The molecule has 1 aliphatic rings. The summed E-state index contributed by atoms with van der Waals surface area (Å²) in [7, 11) is 0. The van der Waals surface area contributed by atoms with Crippen LogP contribution in [0.3, 0.4) is 0 Å². The molecule has 0 saturated carbocycles. The second kappa shape index (κ2) is 9.04. The first-order valence-corrected chi connectivity index (χ1v) is 9.02. The zero-order chi connectivity index (χ0) is 18.2. The van der Waals surface area contributed by atoms with Crippen molar-refractivity contribution in [3.05, 3.63) is 65.2 Å². The Balaban J connectivity index is 1.30. The van der Waals surface area contributed by atoms with Crippen LogP contribution in [0.2, 0.25) is 0 Å². The molecule has 26 heavy (non-hydrogen) atoms. The van der Waals surface area contributed by atoms with Gasteiger partial charge in [0.25, 0.3) is 0 Å². The van der Waals surface area contributed by atoms with Crippen molar-refractivity contribution in [2.75, 3.05) is 19.7 Å². The van der Waals surface area contributed by atoms with Gasteiger partial charge in [0.15, 0.2) is 0 Å². The molecule has 0 atom stereocenters. The van der Waals surface area contributed by atoms with E-state index in [0.717, 1.165) is 24.2 Å². The molecule has 0 aromatic heterocycles. The van der Waals surface area contributed by atoms with Crippen molar-refractivity contribution in [2.45, 2.75) is 25.7 Å². The molecule has 0 heterocycles. The van der Waals surface area contributed by atoms with Crippen LogP contribution in [0.25, 0.3) is 0 Å². The SMILES string of the molecule is O=C(CNC(=O)Cc1ccccc1)NCCOc1ccc2c(c1)CCC2. The van der Waals surface area contributed by atoms with Crippen molar-refractivity contribution in [1.82, 2.24) is 10.6 Å². The van der Waals surface area contributed by atoms with E-state index in [0.29, 0.717) is 13.2 Å². The summed E-state index contributed by atoms with van der Waals surface area (Å²) in [5.74, 6) is 0.459. The van der Waals surface area contributed by atoms with Gasteiger partial charge in [0.1, 0.15) is 12.4 Å². The number of nitrogens with one attached hydrogen (secondary N) is 2. The monoisotopic (exact) mass is 352 g/mol. The Hall–Kier alpha value is -2.82. The zero-order valence-electron chi connectivity index (χ0n) is 14.8. The lowest BCUT2D eigenvalue weighted by atomic mass is 10.1. The average molecular weight is 352 g/mol. The Bertz CT molecular complexity index is 759. The number of hydrogen-bond donors (Lipinski definition) is 2. The summed E-state index contributed by atoms with van der Waals surface area (Å²) in [6.07, 6.45) is 3.76. The van der Waals surface area contributed by atoms with E-state index in [9.17, 15) is 9.59 Å². The number of rotatable bonds is 8. The maximum atomic E-state index is 11.8. The molecular formula is C21H24N2O3. The summed E-state index contributed by atoms with van der Waals surface area (Å²) in [6, 6.07) is 15.6. The van der Waals surface area contributed by atoms with Crippen molar-refractivity contribution < 1.29 is 14.3 Å². The molecule has 2 aromatic rings. The molecule has 5 nitrogen and oxygen atoms in total. The van der Waals surface area contributed by atoms with E-state index in [1.165, 1.54) is 17.5 Å². The number of amides is 2. The number of carbonyl (C=O) groups excluding carboxylic acids is 2. The lowest BCUT2D eigenvalue weighted by Gasteiger charge is -2.10. The van der Waals surface area contributed by atoms with Gasteiger partial charge in [-0.3, -0.25) is 9.59 Å². The zero-order valence-corrected chi connectivity index (χ0v) is 14.8. The van der Waals surface area contributed by atoms with Gasteiger partial charge >= 0.3 is 0 Å². The largest absolute Gasteiger partial charge is 0.492 e. The topological polar surface area (TPSA) is 67.4 Å². The summed E-state index contributed by atoms with van der Waals surface area (Å²) in [5, 5.41) is 5.37.